The molecule has 4 N–H and O–H groups in total. The summed E-state index contributed by atoms with van der Waals surface area (Å²) in [4.78, 5) is 0. The number of halogens is 1. The molecule has 1 aromatic heterocycles. The maximum absolute atomic E-state index is 9.55. The summed E-state index contributed by atoms with van der Waals surface area (Å²) in [7, 11) is 1.45. The minimum atomic E-state index is -0.0417. The van der Waals surface area contributed by atoms with Crippen LogP contribution in [0.4, 0.5) is 5.95 Å². The Morgan fingerprint density at radius 3 is 2.85 bits per heavy atom. The van der Waals surface area contributed by atoms with Crippen molar-refractivity contribution in [3.8, 4) is 11.5 Å². The number of methoxy groups -OCH3 is 1. The van der Waals surface area contributed by atoms with Crippen molar-refractivity contribution in [2.75, 3.05) is 18.4 Å². The van der Waals surface area contributed by atoms with Gasteiger partial charge in [-0.1, -0.05) is 11.6 Å². The Morgan fingerprint density at radius 1 is 1.50 bits per heavy atom. The van der Waals surface area contributed by atoms with Crippen LogP contribution >= 0.6 is 11.6 Å². The minimum absolute atomic E-state index is 0.0417. The summed E-state index contributed by atoms with van der Waals surface area (Å²) in [5.41, 5.74) is 3.20. The number of benzene rings is 1. The molecule has 0 atom stereocenters. The molecule has 1 heterocycles. The summed E-state index contributed by atoms with van der Waals surface area (Å²) >= 11 is 5.98. The van der Waals surface area contributed by atoms with Crippen LogP contribution in [0.2, 0.25) is 5.02 Å². The van der Waals surface area contributed by atoms with E-state index in [0.717, 1.165) is 0 Å². The molecular formula is C11H13ClN6O2. The highest BCUT2D eigenvalue weighted by molar-refractivity contribution is 6.33. The van der Waals surface area contributed by atoms with Crippen molar-refractivity contribution in [1.29, 1.82) is 0 Å². The maximum Gasteiger partial charge on any atom is 0.263 e. The lowest BCUT2D eigenvalue weighted by Crippen LogP contribution is -2.13. The molecule has 0 unspecified atom stereocenters. The van der Waals surface area contributed by atoms with Crippen molar-refractivity contribution < 1.29 is 9.84 Å². The summed E-state index contributed by atoms with van der Waals surface area (Å²) in [6.07, 6.45) is 1.45. The zero-order valence-corrected chi connectivity index (χ0v) is 11.6. The molecule has 0 aliphatic heterocycles. The molecule has 0 aliphatic carbocycles. The number of nitrogens with one attached hydrogen (secondary N) is 1. The van der Waals surface area contributed by atoms with E-state index in [1.807, 2.05) is 0 Å². The highest BCUT2D eigenvalue weighted by Gasteiger charge is 2.07. The Hall–Kier alpha value is -2.48. The van der Waals surface area contributed by atoms with Crippen LogP contribution in [0.3, 0.4) is 0 Å². The lowest BCUT2D eigenvalue weighted by molar-refractivity contribution is 0.373. The molecule has 2 rings (SSSR count). The summed E-state index contributed by atoms with van der Waals surface area (Å²) in [6, 6.07) is 2.93. The average Bonchev–Trinajstić information content (AvgIpc) is 2.73. The van der Waals surface area contributed by atoms with Gasteiger partial charge in [0.1, 0.15) is 0 Å². The van der Waals surface area contributed by atoms with E-state index in [2.05, 4.69) is 20.7 Å². The molecule has 9 heteroatoms. The number of nitrogens with zero attached hydrogens (tertiary/aromatic N) is 4. The molecular weight excluding hydrogens is 284 g/mol. The van der Waals surface area contributed by atoms with Crippen LogP contribution in [0.5, 0.6) is 11.5 Å². The van der Waals surface area contributed by atoms with Gasteiger partial charge < -0.3 is 15.7 Å². The van der Waals surface area contributed by atoms with Gasteiger partial charge in [-0.05, 0) is 13.0 Å². The Bertz CT molecular complexity index is 655. The number of hydrogen-bond donors (Lipinski definition) is 3. The first-order chi connectivity index (χ1) is 9.52. The molecule has 0 saturated heterocycles. The second kappa shape index (κ2) is 5.66. The highest BCUT2D eigenvalue weighted by atomic mass is 35.5. The quantitative estimate of drug-likeness (QED) is 0.443. The number of phenolic OH excluding ortho intramolecular Hbond substituents is 1. The number of hydrogen-bond acceptors (Lipinski definition) is 7. The zero-order valence-electron chi connectivity index (χ0n) is 10.8. The van der Waals surface area contributed by atoms with Gasteiger partial charge in [0.05, 0.1) is 18.3 Å². The summed E-state index contributed by atoms with van der Waals surface area (Å²) in [5.74, 6) is 6.75. The fourth-order valence-corrected chi connectivity index (χ4v) is 1.63. The van der Waals surface area contributed by atoms with E-state index in [1.165, 1.54) is 24.1 Å². The van der Waals surface area contributed by atoms with Crippen LogP contribution in [0.15, 0.2) is 17.2 Å². The van der Waals surface area contributed by atoms with E-state index in [0.29, 0.717) is 28.1 Å². The van der Waals surface area contributed by atoms with Gasteiger partial charge in [0.25, 0.3) is 5.95 Å². The Kier molecular flexibility index (Phi) is 3.94. The first-order valence-corrected chi connectivity index (χ1v) is 5.93. The number of hydrazone groups is 1. The number of rotatable bonds is 4. The normalized spacial score (nSPS) is 10.9. The number of nitrogens with two attached hydrogens (primary N) is 1. The van der Waals surface area contributed by atoms with Crippen molar-refractivity contribution in [3.05, 3.63) is 28.5 Å². The third-order valence-electron chi connectivity index (χ3n) is 2.53. The first kappa shape index (κ1) is 13.9. The maximum atomic E-state index is 9.55. The number of aromatic hydroxyl groups is 1. The van der Waals surface area contributed by atoms with E-state index in [4.69, 9.17) is 22.2 Å². The standard InChI is InChI=1S/C11H13ClN6O2/c1-6-15-17-11(18(6)13)16-14-5-7-3-10(20-2)9(19)4-8(7)12/h3-5,19H,13H2,1-2H3,(H,16,17). The molecule has 8 nitrogen and oxygen atoms in total. The molecule has 0 fully saturated rings. The predicted octanol–water partition coefficient (Wildman–Crippen LogP) is 1.11. The summed E-state index contributed by atoms with van der Waals surface area (Å²) < 4.78 is 6.25. The molecule has 20 heavy (non-hydrogen) atoms. The van der Waals surface area contributed by atoms with Crippen molar-refractivity contribution in [1.82, 2.24) is 14.9 Å². The third-order valence-corrected chi connectivity index (χ3v) is 2.86. The van der Waals surface area contributed by atoms with Gasteiger partial charge in [0, 0.05) is 11.6 Å². The Morgan fingerprint density at radius 2 is 2.25 bits per heavy atom. The van der Waals surface area contributed by atoms with E-state index in [-0.39, 0.29) is 5.75 Å². The molecule has 0 spiro atoms. The smallest absolute Gasteiger partial charge is 0.263 e. The van der Waals surface area contributed by atoms with Crippen LogP contribution in [0.25, 0.3) is 0 Å². The number of phenols is 1. The number of anilines is 1. The number of nitrogen functional groups attached to an aromatic ring is 1. The highest BCUT2D eigenvalue weighted by Crippen LogP contribution is 2.31. The van der Waals surface area contributed by atoms with Crippen molar-refractivity contribution in [2.45, 2.75) is 6.92 Å². The van der Waals surface area contributed by atoms with Crippen LogP contribution in [0, 0.1) is 6.92 Å². The zero-order chi connectivity index (χ0) is 14.7. The SMILES string of the molecule is COc1cc(C=NNc2nnc(C)n2N)c(Cl)cc1O. The van der Waals surface area contributed by atoms with Crippen molar-refractivity contribution in [3.63, 3.8) is 0 Å². The Balaban J connectivity index is 2.17. The van der Waals surface area contributed by atoms with Gasteiger partial charge in [-0.25, -0.2) is 10.1 Å². The molecule has 0 amide bonds. The Labute approximate surface area is 119 Å². The topological polar surface area (TPSA) is 111 Å². The van der Waals surface area contributed by atoms with Gasteiger partial charge in [-0.2, -0.15) is 5.10 Å². The lowest BCUT2D eigenvalue weighted by Gasteiger charge is -2.06. The lowest BCUT2D eigenvalue weighted by atomic mass is 10.2. The second-order valence-corrected chi connectivity index (χ2v) is 4.26. The van der Waals surface area contributed by atoms with Gasteiger partial charge in [0.15, 0.2) is 17.3 Å². The molecule has 106 valence electrons. The van der Waals surface area contributed by atoms with E-state index < -0.39 is 0 Å². The van der Waals surface area contributed by atoms with Crippen LogP contribution in [0.1, 0.15) is 11.4 Å². The fraction of sp³-hybridized carbons (Fsp3) is 0.182. The molecule has 1 aromatic carbocycles. The molecule has 2 aromatic rings. The largest absolute Gasteiger partial charge is 0.504 e. The van der Waals surface area contributed by atoms with E-state index in [1.54, 1.807) is 13.0 Å². The van der Waals surface area contributed by atoms with Gasteiger partial charge in [-0.15, -0.1) is 10.2 Å². The molecule has 0 radical (unpaired) electrons. The van der Waals surface area contributed by atoms with Crippen LogP contribution < -0.4 is 16.0 Å². The van der Waals surface area contributed by atoms with E-state index in [9.17, 15) is 5.11 Å². The minimum Gasteiger partial charge on any atom is -0.504 e. The molecule has 0 bridgehead atoms. The monoisotopic (exact) mass is 296 g/mol. The molecule has 0 saturated carbocycles. The number of aryl methyl sites for hydroxylation is 1. The van der Waals surface area contributed by atoms with Gasteiger partial charge in [-0.3, -0.25) is 0 Å². The average molecular weight is 297 g/mol. The number of aromatic nitrogens is 3. The predicted molar refractivity (Wildman–Crippen MR) is 75.8 cm³/mol. The second-order valence-electron chi connectivity index (χ2n) is 3.86. The van der Waals surface area contributed by atoms with E-state index >= 15 is 0 Å². The third kappa shape index (κ3) is 2.75. The summed E-state index contributed by atoms with van der Waals surface area (Å²) in [6.45, 7) is 1.71. The summed E-state index contributed by atoms with van der Waals surface area (Å²) in [5, 5.41) is 21.4. The van der Waals surface area contributed by atoms with Crippen LogP contribution in [-0.4, -0.2) is 33.3 Å². The molecule has 0 aliphatic rings. The van der Waals surface area contributed by atoms with Crippen LogP contribution in [-0.2, 0) is 0 Å². The van der Waals surface area contributed by atoms with Crippen molar-refractivity contribution >= 4 is 23.8 Å². The van der Waals surface area contributed by atoms with Gasteiger partial charge >= 0.3 is 0 Å². The van der Waals surface area contributed by atoms with Gasteiger partial charge in [0.2, 0.25) is 0 Å². The number of ether oxygens (including phenoxy) is 1. The first-order valence-electron chi connectivity index (χ1n) is 5.55. The van der Waals surface area contributed by atoms with Crippen molar-refractivity contribution in [2.24, 2.45) is 5.10 Å². The fourth-order valence-electron chi connectivity index (χ4n) is 1.43.